The van der Waals surface area contributed by atoms with E-state index in [4.69, 9.17) is 14.9 Å². The first-order valence-corrected chi connectivity index (χ1v) is 3.97. The highest BCUT2D eigenvalue weighted by atomic mass is 16.6. The first-order chi connectivity index (χ1) is 6.74. The maximum atomic E-state index is 10.3. The lowest BCUT2D eigenvalue weighted by Gasteiger charge is -2.04. The Kier molecular flexibility index (Phi) is 3.69. The standard InChI is InChI=1S/C10H10O4/c11-7-14-9-4-2-1-3-8(9)5-6-10(12)13/h1-6,11H,7H2,(H,12,13). The minimum absolute atomic E-state index is 0.433. The number of carboxylic acid groups (broad SMARTS) is 1. The number of carboxylic acids is 1. The number of aliphatic carboxylic acids is 1. The zero-order valence-electron chi connectivity index (χ0n) is 7.38. The van der Waals surface area contributed by atoms with Crippen LogP contribution in [0.3, 0.4) is 0 Å². The Bertz CT molecular complexity index is 344. The minimum atomic E-state index is -1.02. The van der Waals surface area contributed by atoms with Crippen molar-refractivity contribution < 1.29 is 19.7 Å². The molecule has 0 aliphatic carbocycles. The molecule has 0 aliphatic heterocycles. The highest BCUT2D eigenvalue weighted by molar-refractivity contribution is 5.85. The summed E-state index contributed by atoms with van der Waals surface area (Å²) in [6, 6.07) is 6.84. The summed E-state index contributed by atoms with van der Waals surface area (Å²) in [5, 5.41) is 17.0. The van der Waals surface area contributed by atoms with Crippen LogP contribution in [-0.2, 0) is 4.79 Å². The van der Waals surface area contributed by atoms with Gasteiger partial charge in [-0.25, -0.2) is 4.79 Å². The van der Waals surface area contributed by atoms with Gasteiger partial charge in [0.2, 0.25) is 0 Å². The van der Waals surface area contributed by atoms with E-state index >= 15 is 0 Å². The fraction of sp³-hybridized carbons (Fsp3) is 0.100. The zero-order valence-corrected chi connectivity index (χ0v) is 7.38. The highest BCUT2D eigenvalue weighted by Gasteiger charge is 1.98. The molecule has 1 rings (SSSR count). The van der Waals surface area contributed by atoms with E-state index in [2.05, 4.69) is 0 Å². The zero-order chi connectivity index (χ0) is 10.4. The molecule has 4 heteroatoms. The van der Waals surface area contributed by atoms with Gasteiger partial charge in [-0.05, 0) is 12.1 Å². The van der Waals surface area contributed by atoms with Crippen molar-refractivity contribution in [1.82, 2.24) is 0 Å². The second-order valence-electron chi connectivity index (χ2n) is 2.48. The molecular weight excluding hydrogens is 184 g/mol. The summed E-state index contributed by atoms with van der Waals surface area (Å²) in [5.41, 5.74) is 0.615. The van der Waals surface area contributed by atoms with E-state index < -0.39 is 12.8 Å². The lowest BCUT2D eigenvalue weighted by atomic mass is 10.2. The van der Waals surface area contributed by atoms with Gasteiger partial charge in [0.25, 0.3) is 0 Å². The number of ether oxygens (including phenoxy) is 1. The lowest BCUT2D eigenvalue weighted by Crippen LogP contribution is -1.96. The van der Waals surface area contributed by atoms with Gasteiger partial charge in [-0.15, -0.1) is 0 Å². The van der Waals surface area contributed by atoms with Crippen LogP contribution in [0.25, 0.3) is 6.08 Å². The number of para-hydroxylation sites is 1. The summed E-state index contributed by atoms with van der Waals surface area (Å²) < 4.78 is 4.88. The van der Waals surface area contributed by atoms with Crippen molar-refractivity contribution in [2.24, 2.45) is 0 Å². The molecule has 0 spiro atoms. The second kappa shape index (κ2) is 5.04. The SMILES string of the molecule is O=C(O)C=Cc1ccccc1OCO. The Morgan fingerprint density at radius 2 is 2.14 bits per heavy atom. The van der Waals surface area contributed by atoms with Gasteiger partial charge >= 0.3 is 5.97 Å². The number of benzene rings is 1. The Morgan fingerprint density at radius 3 is 2.79 bits per heavy atom. The van der Waals surface area contributed by atoms with Crippen molar-refractivity contribution in [3.05, 3.63) is 35.9 Å². The van der Waals surface area contributed by atoms with Crippen LogP contribution in [0.4, 0.5) is 0 Å². The summed E-state index contributed by atoms with van der Waals surface area (Å²) >= 11 is 0. The monoisotopic (exact) mass is 194 g/mol. The third kappa shape index (κ3) is 2.91. The molecule has 0 atom stereocenters. The molecule has 1 aromatic carbocycles. The van der Waals surface area contributed by atoms with Gasteiger partial charge in [-0.1, -0.05) is 18.2 Å². The third-order valence-electron chi connectivity index (χ3n) is 1.54. The van der Waals surface area contributed by atoms with Gasteiger partial charge in [-0.2, -0.15) is 0 Å². The Balaban J connectivity index is 2.89. The van der Waals surface area contributed by atoms with Crippen molar-refractivity contribution in [1.29, 1.82) is 0 Å². The van der Waals surface area contributed by atoms with Gasteiger partial charge in [0, 0.05) is 11.6 Å². The number of carbonyl (C=O) groups is 1. The van der Waals surface area contributed by atoms with Crippen LogP contribution in [-0.4, -0.2) is 23.0 Å². The molecule has 2 N–H and O–H groups in total. The number of aliphatic hydroxyl groups excluding tert-OH is 1. The van der Waals surface area contributed by atoms with Gasteiger partial charge in [0.15, 0.2) is 6.79 Å². The third-order valence-corrected chi connectivity index (χ3v) is 1.54. The van der Waals surface area contributed by atoms with E-state index in [1.807, 2.05) is 0 Å². The molecule has 0 saturated heterocycles. The molecular formula is C10H10O4. The van der Waals surface area contributed by atoms with Crippen LogP contribution < -0.4 is 4.74 Å². The van der Waals surface area contributed by atoms with E-state index in [0.29, 0.717) is 11.3 Å². The Hall–Kier alpha value is -1.81. The minimum Gasteiger partial charge on any atom is -0.478 e. The second-order valence-corrected chi connectivity index (χ2v) is 2.48. The van der Waals surface area contributed by atoms with E-state index in [1.165, 1.54) is 6.08 Å². The van der Waals surface area contributed by atoms with Gasteiger partial charge in [0.05, 0.1) is 0 Å². The lowest BCUT2D eigenvalue weighted by molar-refractivity contribution is -0.131. The first kappa shape index (κ1) is 10.3. The molecule has 0 fully saturated rings. The van der Waals surface area contributed by atoms with Crippen LogP contribution >= 0.6 is 0 Å². The van der Waals surface area contributed by atoms with Crippen LogP contribution in [0.15, 0.2) is 30.3 Å². The van der Waals surface area contributed by atoms with Gasteiger partial charge < -0.3 is 14.9 Å². The van der Waals surface area contributed by atoms with Crippen LogP contribution in [0, 0.1) is 0 Å². The van der Waals surface area contributed by atoms with Crippen LogP contribution in [0.1, 0.15) is 5.56 Å². The predicted octanol–water partition coefficient (Wildman–Crippen LogP) is 1.11. The van der Waals surface area contributed by atoms with Gasteiger partial charge in [-0.3, -0.25) is 0 Å². The average Bonchev–Trinajstić information content (AvgIpc) is 2.17. The normalized spacial score (nSPS) is 10.4. The van der Waals surface area contributed by atoms with Crippen molar-refractivity contribution in [2.75, 3.05) is 6.79 Å². The van der Waals surface area contributed by atoms with E-state index in [1.54, 1.807) is 24.3 Å². The largest absolute Gasteiger partial charge is 0.478 e. The predicted molar refractivity (Wildman–Crippen MR) is 50.8 cm³/mol. The molecule has 0 saturated carbocycles. The summed E-state index contributed by atoms with van der Waals surface area (Å²) in [7, 11) is 0. The molecule has 0 amide bonds. The summed E-state index contributed by atoms with van der Waals surface area (Å²) in [4.78, 5) is 10.3. The fourth-order valence-corrected chi connectivity index (χ4v) is 0.980. The number of hydrogen-bond donors (Lipinski definition) is 2. The molecule has 0 aromatic heterocycles. The van der Waals surface area contributed by atoms with E-state index in [9.17, 15) is 4.79 Å². The maximum Gasteiger partial charge on any atom is 0.328 e. The van der Waals surface area contributed by atoms with E-state index in [0.717, 1.165) is 6.08 Å². The fourth-order valence-electron chi connectivity index (χ4n) is 0.980. The summed E-state index contributed by atoms with van der Waals surface area (Å²) in [5.74, 6) is -0.573. The molecule has 0 unspecified atom stereocenters. The smallest absolute Gasteiger partial charge is 0.328 e. The summed E-state index contributed by atoms with van der Waals surface area (Å²) in [6.45, 7) is -0.433. The number of rotatable bonds is 4. The quantitative estimate of drug-likeness (QED) is 0.556. The van der Waals surface area contributed by atoms with Crippen molar-refractivity contribution in [3.8, 4) is 5.75 Å². The number of aliphatic hydroxyl groups is 1. The Labute approximate surface area is 81.1 Å². The topological polar surface area (TPSA) is 66.8 Å². The van der Waals surface area contributed by atoms with Gasteiger partial charge in [0.1, 0.15) is 5.75 Å². The molecule has 0 radical (unpaired) electrons. The van der Waals surface area contributed by atoms with Crippen molar-refractivity contribution in [2.45, 2.75) is 0 Å². The molecule has 74 valence electrons. The van der Waals surface area contributed by atoms with Crippen LogP contribution in [0.2, 0.25) is 0 Å². The highest BCUT2D eigenvalue weighted by Crippen LogP contribution is 2.18. The average molecular weight is 194 g/mol. The molecule has 0 bridgehead atoms. The Morgan fingerprint density at radius 1 is 1.43 bits per heavy atom. The molecule has 14 heavy (non-hydrogen) atoms. The molecule has 4 nitrogen and oxygen atoms in total. The van der Waals surface area contributed by atoms with Crippen molar-refractivity contribution in [3.63, 3.8) is 0 Å². The molecule has 1 aromatic rings. The first-order valence-electron chi connectivity index (χ1n) is 3.97. The van der Waals surface area contributed by atoms with Crippen molar-refractivity contribution >= 4 is 12.0 Å². The maximum absolute atomic E-state index is 10.3. The summed E-state index contributed by atoms with van der Waals surface area (Å²) in [6.07, 6.45) is 2.42. The molecule has 0 heterocycles. The van der Waals surface area contributed by atoms with Crippen LogP contribution in [0.5, 0.6) is 5.75 Å². The number of hydrogen-bond acceptors (Lipinski definition) is 3. The molecule has 0 aliphatic rings. The van der Waals surface area contributed by atoms with E-state index in [-0.39, 0.29) is 0 Å².